The van der Waals surface area contributed by atoms with Gasteiger partial charge < -0.3 is 15.4 Å². The lowest BCUT2D eigenvalue weighted by atomic mass is 9.92. The quantitative estimate of drug-likeness (QED) is 0.913. The van der Waals surface area contributed by atoms with Gasteiger partial charge in [0.05, 0.1) is 13.2 Å². The molecule has 0 unspecified atom stereocenters. The molecule has 24 heavy (non-hydrogen) atoms. The average molecular weight is 331 g/mol. The number of hydrogen-bond donors (Lipinski definition) is 1. The molecule has 2 heterocycles. The highest BCUT2D eigenvalue weighted by atomic mass is 16.5. The van der Waals surface area contributed by atoms with E-state index >= 15 is 0 Å². The number of ether oxygens (including phenoxy) is 1. The zero-order chi connectivity index (χ0) is 16.9. The molecule has 0 spiro atoms. The lowest BCUT2D eigenvalue weighted by molar-refractivity contribution is 0.0342. The van der Waals surface area contributed by atoms with Crippen LogP contribution < -0.4 is 5.73 Å². The Bertz CT molecular complexity index is 538. The largest absolute Gasteiger partial charge is 0.379 e. The topological polar surface area (TPSA) is 58.8 Å². The molecule has 5 heteroatoms. The molecule has 0 bridgehead atoms. The van der Waals surface area contributed by atoms with E-state index in [0.29, 0.717) is 5.92 Å². The first-order valence-electron chi connectivity index (χ1n) is 9.07. The normalized spacial score (nSPS) is 23.9. The van der Waals surface area contributed by atoms with E-state index < -0.39 is 0 Å². The summed E-state index contributed by atoms with van der Waals surface area (Å²) in [5.41, 5.74) is 8.06. The minimum atomic E-state index is 0.137. The number of carbonyl (C=O) groups is 1. The minimum Gasteiger partial charge on any atom is -0.379 e. The summed E-state index contributed by atoms with van der Waals surface area (Å²) in [7, 11) is 0. The summed E-state index contributed by atoms with van der Waals surface area (Å²) in [5.74, 6) is 0.557. The van der Waals surface area contributed by atoms with Gasteiger partial charge in [0.15, 0.2) is 0 Å². The SMILES string of the molecule is C[C@@H](N)[C@H]1CCCN(C(=O)c2ccc(CN3CCOCC3)cc2)C1. The summed E-state index contributed by atoms with van der Waals surface area (Å²) in [6, 6.07) is 8.24. The first kappa shape index (κ1) is 17.4. The van der Waals surface area contributed by atoms with E-state index in [9.17, 15) is 4.79 Å². The van der Waals surface area contributed by atoms with E-state index in [0.717, 1.165) is 64.3 Å². The monoisotopic (exact) mass is 331 g/mol. The number of amides is 1. The van der Waals surface area contributed by atoms with Gasteiger partial charge in [0, 0.05) is 44.3 Å². The van der Waals surface area contributed by atoms with Gasteiger partial charge >= 0.3 is 0 Å². The van der Waals surface area contributed by atoms with Gasteiger partial charge in [-0.05, 0) is 43.4 Å². The number of nitrogens with two attached hydrogens (primary N) is 1. The molecule has 1 aromatic rings. The Morgan fingerprint density at radius 3 is 2.62 bits per heavy atom. The fourth-order valence-corrected chi connectivity index (χ4v) is 3.58. The second-order valence-electron chi connectivity index (χ2n) is 7.10. The number of likely N-dealkylation sites (tertiary alicyclic amines) is 1. The second kappa shape index (κ2) is 8.10. The predicted molar refractivity (Wildman–Crippen MR) is 94.8 cm³/mol. The molecule has 0 aliphatic carbocycles. The molecule has 2 N–H and O–H groups in total. The van der Waals surface area contributed by atoms with Crippen molar-refractivity contribution < 1.29 is 9.53 Å². The van der Waals surface area contributed by atoms with E-state index in [4.69, 9.17) is 10.5 Å². The third-order valence-electron chi connectivity index (χ3n) is 5.20. The van der Waals surface area contributed by atoms with E-state index in [2.05, 4.69) is 17.0 Å². The number of carbonyl (C=O) groups excluding carboxylic acids is 1. The second-order valence-corrected chi connectivity index (χ2v) is 7.10. The molecule has 5 nitrogen and oxygen atoms in total. The van der Waals surface area contributed by atoms with Crippen LogP contribution in [0.1, 0.15) is 35.7 Å². The number of benzene rings is 1. The number of nitrogens with zero attached hydrogens (tertiary/aromatic N) is 2. The smallest absolute Gasteiger partial charge is 0.253 e. The Hall–Kier alpha value is -1.43. The van der Waals surface area contributed by atoms with Crippen LogP contribution in [0.25, 0.3) is 0 Å². The molecule has 1 aromatic carbocycles. The van der Waals surface area contributed by atoms with Crippen molar-refractivity contribution in [3.8, 4) is 0 Å². The Morgan fingerprint density at radius 2 is 1.96 bits per heavy atom. The molecule has 1 amide bonds. The van der Waals surface area contributed by atoms with Crippen LogP contribution in [0.15, 0.2) is 24.3 Å². The third-order valence-corrected chi connectivity index (χ3v) is 5.20. The molecule has 0 aromatic heterocycles. The van der Waals surface area contributed by atoms with Gasteiger partial charge in [-0.3, -0.25) is 9.69 Å². The van der Waals surface area contributed by atoms with Crippen LogP contribution >= 0.6 is 0 Å². The van der Waals surface area contributed by atoms with E-state index in [1.165, 1.54) is 5.56 Å². The van der Waals surface area contributed by atoms with Gasteiger partial charge in [-0.25, -0.2) is 0 Å². The molecule has 2 aliphatic rings. The first-order chi connectivity index (χ1) is 11.6. The van der Waals surface area contributed by atoms with Crippen LogP contribution in [0.5, 0.6) is 0 Å². The molecule has 2 atom stereocenters. The van der Waals surface area contributed by atoms with E-state index in [1.807, 2.05) is 24.0 Å². The molecule has 132 valence electrons. The van der Waals surface area contributed by atoms with Crippen LogP contribution in [0.3, 0.4) is 0 Å². The highest BCUT2D eigenvalue weighted by Gasteiger charge is 2.26. The molecule has 2 aliphatic heterocycles. The van der Waals surface area contributed by atoms with Crippen LogP contribution in [0, 0.1) is 5.92 Å². The van der Waals surface area contributed by atoms with Gasteiger partial charge in [-0.2, -0.15) is 0 Å². The number of hydrogen-bond acceptors (Lipinski definition) is 4. The maximum atomic E-state index is 12.7. The van der Waals surface area contributed by atoms with E-state index in [1.54, 1.807) is 0 Å². The Kier molecular flexibility index (Phi) is 5.87. The molecular formula is C19H29N3O2. The van der Waals surface area contributed by atoms with Crippen LogP contribution in [0.4, 0.5) is 0 Å². The first-order valence-corrected chi connectivity index (χ1v) is 9.07. The summed E-state index contributed by atoms with van der Waals surface area (Å²) in [5, 5.41) is 0. The van der Waals surface area contributed by atoms with Crippen LogP contribution in [-0.2, 0) is 11.3 Å². The summed E-state index contributed by atoms with van der Waals surface area (Å²) in [6.07, 6.45) is 2.17. The molecule has 0 saturated carbocycles. The van der Waals surface area contributed by atoms with Crippen molar-refractivity contribution in [3.05, 3.63) is 35.4 Å². The molecule has 0 radical (unpaired) electrons. The average Bonchev–Trinajstić information content (AvgIpc) is 2.63. The summed E-state index contributed by atoms with van der Waals surface area (Å²) in [6.45, 7) is 8.18. The zero-order valence-electron chi connectivity index (χ0n) is 14.6. The summed E-state index contributed by atoms with van der Waals surface area (Å²) < 4.78 is 5.38. The minimum absolute atomic E-state index is 0.137. The van der Waals surface area contributed by atoms with Gasteiger partial charge in [0.25, 0.3) is 5.91 Å². The van der Waals surface area contributed by atoms with Crippen molar-refractivity contribution in [1.29, 1.82) is 0 Å². The van der Waals surface area contributed by atoms with Crippen molar-refractivity contribution in [1.82, 2.24) is 9.80 Å². The Labute approximate surface area is 144 Å². The van der Waals surface area contributed by atoms with Gasteiger partial charge in [0.1, 0.15) is 0 Å². The predicted octanol–water partition coefficient (Wildman–Crippen LogP) is 1.72. The molecule has 2 fully saturated rings. The molecular weight excluding hydrogens is 302 g/mol. The fraction of sp³-hybridized carbons (Fsp3) is 0.632. The number of piperidine rings is 1. The summed E-state index contributed by atoms with van der Waals surface area (Å²) in [4.78, 5) is 17.1. The van der Waals surface area contributed by atoms with Crippen molar-refractivity contribution in [2.24, 2.45) is 11.7 Å². The van der Waals surface area contributed by atoms with Gasteiger partial charge in [0.2, 0.25) is 0 Å². The standard InChI is InChI=1S/C19H29N3O2/c1-15(20)18-3-2-8-22(14-18)19(23)17-6-4-16(5-7-17)13-21-9-11-24-12-10-21/h4-7,15,18H,2-3,8-14,20H2,1H3/t15-,18+/m1/s1. The fourth-order valence-electron chi connectivity index (χ4n) is 3.58. The molecule has 2 saturated heterocycles. The van der Waals surface area contributed by atoms with E-state index in [-0.39, 0.29) is 11.9 Å². The maximum absolute atomic E-state index is 12.7. The highest BCUT2D eigenvalue weighted by Crippen LogP contribution is 2.21. The van der Waals surface area contributed by atoms with Gasteiger partial charge in [-0.1, -0.05) is 12.1 Å². The lowest BCUT2D eigenvalue weighted by Gasteiger charge is -2.34. The number of morpholine rings is 1. The van der Waals surface area contributed by atoms with Crippen molar-refractivity contribution in [3.63, 3.8) is 0 Å². The zero-order valence-corrected chi connectivity index (χ0v) is 14.6. The Balaban J connectivity index is 1.59. The van der Waals surface area contributed by atoms with Gasteiger partial charge in [-0.15, -0.1) is 0 Å². The number of rotatable bonds is 4. The van der Waals surface area contributed by atoms with Crippen molar-refractivity contribution in [2.75, 3.05) is 39.4 Å². The third kappa shape index (κ3) is 4.35. The summed E-state index contributed by atoms with van der Waals surface area (Å²) >= 11 is 0. The van der Waals surface area contributed by atoms with Crippen molar-refractivity contribution >= 4 is 5.91 Å². The highest BCUT2D eigenvalue weighted by molar-refractivity contribution is 5.94. The Morgan fingerprint density at radius 1 is 1.25 bits per heavy atom. The van der Waals surface area contributed by atoms with Crippen LogP contribution in [-0.4, -0.2) is 61.1 Å². The van der Waals surface area contributed by atoms with Crippen molar-refractivity contribution in [2.45, 2.75) is 32.4 Å². The maximum Gasteiger partial charge on any atom is 0.253 e. The molecule has 3 rings (SSSR count). The van der Waals surface area contributed by atoms with Crippen LogP contribution in [0.2, 0.25) is 0 Å². The lowest BCUT2D eigenvalue weighted by Crippen LogP contribution is -2.45.